The van der Waals surface area contributed by atoms with Crippen molar-refractivity contribution >= 4 is 17.7 Å². The van der Waals surface area contributed by atoms with E-state index in [2.05, 4.69) is 10.1 Å². The smallest absolute Gasteiger partial charge is 0.323 e. The Labute approximate surface area is 82.3 Å². The Balaban J connectivity index is 2.37. The van der Waals surface area contributed by atoms with Gasteiger partial charge in [0.1, 0.15) is 6.04 Å². The van der Waals surface area contributed by atoms with Crippen LogP contribution in [-0.4, -0.2) is 50.4 Å². The number of carbonyl (C=O) groups excluding carboxylic acids is 1. The normalized spacial score (nSPS) is 28.5. The molecule has 0 aromatic rings. The lowest BCUT2D eigenvalue weighted by molar-refractivity contribution is -0.142. The summed E-state index contributed by atoms with van der Waals surface area (Å²) in [6, 6.07) is 0.0803. The van der Waals surface area contributed by atoms with Gasteiger partial charge in [-0.3, -0.25) is 10.1 Å². The van der Waals surface area contributed by atoms with Gasteiger partial charge in [-0.05, 0) is 0 Å². The number of hydrogen-bond acceptors (Lipinski definition) is 5. The molecule has 0 saturated carbocycles. The van der Waals surface area contributed by atoms with Crippen LogP contribution in [-0.2, 0) is 14.3 Å². The van der Waals surface area contributed by atoms with Crippen LogP contribution in [0.15, 0.2) is 0 Å². The standard InChI is InChI=1S/C8H15NO3S/c1-11-3-6-4-13-5-7(9-6)8(10)12-2/h6-7,9H,3-5H2,1-2H3. The molecule has 0 aliphatic carbocycles. The fourth-order valence-electron chi connectivity index (χ4n) is 1.28. The van der Waals surface area contributed by atoms with E-state index in [0.29, 0.717) is 6.61 Å². The first-order chi connectivity index (χ1) is 6.27. The zero-order valence-corrected chi connectivity index (χ0v) is 8.73. The Kier molecular flexibility index (Phi) is 4.55. The molecule has 0 radical (unpaired) electrons. The zero-order chi connectivity index (χ0) is 9.68. The maximum atomic E-state index is 11.2. The molecule has 2 atom stereocenters. The van der Waals surface area contributed by atoms with Crippen LogP contribution in [0.5, 0.6) is 0 Å². The molecule has 1 aliphatic heterocycles. The molecule has 13 heavy (non-hydrogen) atoms. The highest BCUT2D eigenvalue weighted by Gasteiger charge is 2.27. The van der Waals surface area contributed by atoms with Gasteiger partial charge in [0, 0.05) is 24.7 Å². The van der Waals surface area contributed by atoms with E-state index in [0.717, 1.165) is 11.5 Å². The highest BCUT2D eigenvalue weighted by atomic mass is 32.2. The van der Waals surface area contributed by atoms with Crippen LogP contribution in [0.4, 0.5) is 0 Å². The summed E-state index contributed by atoms with van der Waals surface area (Å²) in [5.74, 6) is 1.59. The molecule has 1 aliphatic rings. The molecule has 1 saturated heterocycles. The largest absolute Gasteiger partial charge is 0.468 e. The average Bonchev–Trinajstić information content (AvgIpc) is 2.18. The number of thioether (sulfide) groups is 1. The number of ether oxygens (including phenoxy) is 2. The van der Waals surface area contributed by atoms with E-state index >= 15 is 0 Å². The summed E-state index contributed by atoms with van der Waals surface area (Å²) in [5.41, 5.74) is 0. The van der Waals surface area contributed by atoms with Crippen LogP contribution in [0.1, 0.15) is 0 Å². The van der Waals surface area contributed by atoms with E-state index in [9.17, 15) is 4.79 Å². The summed E-state index contributed by atoms with van der Waals surface area (Å²) in [6.45, 7) is 0.639. The second-order valence-electron chi connectivity index (χ2n) is 2.93. The summed E-state index contributed by atoms with van der Waals surface area (Å²) in [5, 5.41) is 3.18. The number of esters is 1. The number of nitrogens with one attached hydrogen (secondary N) is 1. The molecular formula is C8H15NO3S. The Morgan fingerprint density at radius 3 is 2.92 bits per heavy atom. The third kappa shape index (κ3) is 3.17. The van der Waals surface area contributed by atoms with E-state index in [4.69, 9.17) is 4.74 Å². The molecule has 0 bridgehead atoms. The van der Waals surface area contributed by atoms with Gasteiger partial charge in [-0.2, -0.15) is 11.8 Å². The van der Waals surface area contributed by atoms with Crippen molar-refractivity contribution in [3.05, 3.63) is 0 Å². The third-order valence-corrected chi connectivity index (χ3v) is 3.10. The molecule has 1 rings (SSSR count). The Hall–Kier alpha value is -0.260. The van der Waals surface area contributed by atoms with Gasteiger partial charge < -0.3 is 9.47 Å². The van der Waals surface area contributed by atoms with Gasteiger partial charge in [0.2, 0.25) is 0 Å². The lowest BCUT2D eigenvalue weighted by Gasteiger charge is -2.28. The number of rotatable bonds is 3. The summed E-state index contributed by atoms with van der Waals surface area (Å²) in [6.07, 6.45) is 0. The topological polar surface area (TPSA) is 47.6 Å². The summed E-state index contributed by atoms with van der Waals surface area (Å²) in [4.78, 5) is 11.2. The van der Waals surface area contributed by atoms with Gasteiger partial charge in [-0.1, -0.05) is 0 Å². The van der Waals surface area contributed by atoms with Gasteiger partial charge in [0.25, 0.3) is 0 Å². The van der Waals surface area contributed by atoms with Crippen LogP contribution in [0.2, 0.25) is 0 Å². The SMILES string of the molecule is COCC1CSCC(C(=O)OC)N1. The van der Waals surface area contributed by atoms with Crippen LogP contribution in [0, 0.1) is 0 Å². The monoisotopic (exact) mass is 205 g/mol. The molecule has 1 heterocycles. The fraction of sp³-hybridized carbons (Fsp3) is 0.875. The van der Waals surface area contributed by atoms with Crippen LogP contribution in [0.25, 0.3) is 0 Å². The highest BCUT2D eigenvalue weighted by molar-refractivity contribution is 7.99. The van der Waals surface area contributed by atoms with Crippen molar-refractivity contribution in [3.8, 4) is 0 Å². The molecule has 76 valence electrons. The summed E-state index contributed by atoms with van der Waals surface area (Å²) < 4.78 is 9.68. The quantitative estimate of drug-likeness (QED) is 0.651. The summed E-state index contributed by atoms with van der Waals surface area (Å²) in [7, 11) is 3.07. The fourth-order valence-corrected chi connectivity index (χ4v) is 2.37. The minimum atomic E-state index is -0.187. The predicted octanol–water partition coefficient (Wildman–Crippen LogP) is -0.121. The molecule has 1 fully saturated rings. The lowest BCUT2D eigenvalue weighted by atomic mass is 10.2. The first-order valence-corrected chi connectivity index (χ1v) is 5.34. The maximum absolute atomic E-state index is 11.2. The van der Waals surface area contributed by atoms with Gasteiger partial charge in [-0.25, -0.2) is 0 Å². The van der Waals surface area contributed by atoms with Crippen molar-refractivity contribution in [1.82, 2.24) is 5.32 Å². The molecular weight excluding hydrogens is 190 g/mol. The predicted molar refractivity (Wildman–Crippen MR) is 51.9 cm³/mol. The molecule has 0 spiro atoms. The van der Waals surface area contributed by atoms with E-state index in [-0.39, 0.29) is 18.1 Å². The van der Waals surface area contributed by atoms with Crippen LogP contribution < -0.4 is 5.32 Å². The van der Waals surface area contributed by atoms with Crippen LogP contribution >= 0.6 is 11.8 Å². The van der Waals surface area contributed by atoms with Crippen molar-refractivity contribution < 1.29 is 14.3 Å². The van der Waals surface area contributed by atoms with Crippen molar-refractivity contribution in [3.63, 3.8) is 0 Å². The Bertz CT molecular complexity index is 175. The first-order valence-electron chi connectivity index (χ1n) is 4.18. The minimum absolute atomic E-state index is 0.177. The molecule has 0 amide bonds. The molecule has 0 aromatic carbocycles. The minimum Gasteiger partial charge on any atom is -0.468 e. The van der Waals surface area contributed by atoms with Crippen molar-refractivity contribution in [2.75, 3.05) is 32.3 Å². The molecule has 2 unspecified atom stereocenters. The second kappa shape index (κ2) is 5.47. The number of methoxy groups -OCH3 is 2. The maximum Gasteiger partial charge on any atom is 0.323 e. The third-order valence-electron chi connectivity index (χ3n) is 1.89. The Morgan fingerprint density at radius 1 is 1.54 bits per heavy atom. The van der Waals surface area contributed by atoms with Crippen LogP contribution in [0.3, 0.4) is 0 Å². The molecule has 4 nitrogen and oxygen atoms in total. The van der Waals surface area contributed by atoms with E-state index in [1.807, 2.05) is 0 Å². The lowest BCUT2D eigenvalue weighted by Crippen LogP contribution is -2.51. The van der Waals surface area contributed by atoms with Crippen molar-refractivity contribution in [2.24, 2.45) is 0 Å². The average molecular weight is 205 g/mol. The first kappa shape index (κ1) is 10.8. The second-order valence-corrected chi connectivity index (χ2v) is 4.01. The Morgan fingerprint density at radius 2 is 2.31 bits per heavy atom. The van der Waals surface area contributed by atoms with Crippen molar-refractivity contribution in [2.45, 2.75) is 12.1 Å². The molecule has 0 aromatic heterocycles. The van der Waals surface area contributed by atoms with Gasteiger partial charge in [0.05, 0.1) is 13.7 Å². The van der Waals surface area contributed by atoms with Crippen molar-refractivity contribution in [1.29, 1.82) is 0 Å². The van der Waals surface area contributed by atoms with E-state index < -0.39 is 0 Å². The molecule has 5 heteroatoms. The van der Waals surface area contributed by atoms with Gasteiger partial charge >= 0.3 is 5.97 Å². The number of carbonyl (C=O) groups is 1. The van der Waals surface area contributed by atoms with Gasteiger partial charge in [-0.15, -0.1) is 0 Å². The molecule has 1 N–H and O–H groups in total. The van der Waals surface area contributed by atoms with E-state index in [1.165, 1.54) is 7.11 Å². The van der Waals surface area contributed by atoms with E-state index in [1.54, 1.807) is 18.9 Å². The van der Waals surface area contributed by atoms with Gasteiger partial charge in [0.15, 0.2) is 0 Å². The highest BCUT2D eigenvalue weighted by Crippen LogP contribution is 2.13. The number of hydrogen-bond donors (Lipinski definition) is 1. The zero-order valence-electron chi connectivity index (χ0n) is 7.91. The summed E-state index contributed by atoms with van der Waals surface area (Å²) >= 11 is 1.75.